The van der Waals surface area contributed by atoms with Gasteiger partial charge in [-0.2, -0.15) is 5.10 Å². The largest absolute Gasteiger partial charge is 0.303 e. The van der Waals surface area contributed by atoms with E-state index in [2.05, 4.69) is 23.9 Å². The lowest BCUT2D eigenvalue weighted by Gasteiger charge is -2.19. The average Bonchev–Trinajstić information content (AvgIpc) is 2.75. The Morgan fingerprint density at radius 2 is 2.29 bits per heavy atom. The Kier molecular flexibility index (Phi) is 1.94. The van der Waals surface area contributed by atoms with E-state index in [0.717, 1.165) is 35.3 Å². The van der Waals surface area contributed by atoms with Gasteiger partial charge in [0.15, 0.2) is 5.65 Å². The minimum Gasteiger partial charge on any atom is -0.303 e. The molecule has 1 atom stereocenters. The van der Waals surface area contributed by atoms with Crippen LogP contribution in [0.1, 0.15) is 43.1 Å². The molecule has 0 radical (unpaired) electrons. The average molecular weight is 229 g/mol. The molecule has 0 spiro atoms. The topological polar surface area (TPSA) is 47.3 Å². The van der Waals surface area contributed by atoms with Crippen molar-refractivity contribution < 1.29 is 4.79 Å². The summed E-state index contributed by atoms with van der Waals surface area (Å²) in [5.74, 6) is -0.0404. The summed E-state index contributed by atoms with van der Waals surface area (Å²) in [5.41, 5.74) is 3.95. The molecule has 0 saturated carbocycles. The Hall–Kier alpha value is -1.71. The standard InChI is InChI=1S/C13H15N3O/c1-8-4-11-14-6-10-9(7-17)5-13(2,3)12(10)16(11)15-8/h4,6-7,9H,5H2,1-3H3. The first kappa shape index (κ1) is 10.4. The molecule has 0 aliphatic heterocycles. The molecule has 0 bridgehead atoms. The van der Waals surface area contributed by atoms with Crippen LogP contribution >= 0.6 is 0 Å². The van der Waals surface area contributed by atoms with E-state index < -0.39 is 0 Å². The number of carbonyl (C=O) groups excluding carboxylic acids is 1. The molecule has 3 rings (SSSR count). The highest BCUT2D eigenvalue weighted by molar-refractivity contribution is 5.66. The molecule has 0 amide bonds. The van der Waals surface area contributed by atoms with Crippen LogP contribution in [0.5, 0.6) is 0 Å². The van der Waals surface area contributed by atoms with Gasteiger partial charge in [-0.05, 0) is 13.3 Å². The highest BCUT2D eigenvalue weighted by Gasteiger charge is 2.39. The van der Waals surface area contributed by atoms with Gasteiger partial charge in [0.05, 0.1) is 11.4 Å². The highest BCUT2D eigenvalue weighted by Crippen LogP contribution is 2.44. The summed E-state index contributed by atoms with van der Waals surface area (Å²) in [6, 6.07) is 1.96. The van der Waals surface area contributed by atoms with Crippen LogP contribution in [0.3, 0.4) is 0 Å². The molecule has 2 aromatic heterocycles. The maximum atomic E-state index is 11.1. The summed E-state index contributed by atoms with van der Waals surface area (Å²) in [5, 5.41) is 4.49. The van der Waals surface area contributed by atoms with Crippen molar-refractivity contribution in [2.24, 2.45) is 0 Å². The van der Waals surface area contributed by atoms with Crippen molar-refractivity contribution in [2.45, 2.75) is 38.5 Å². The molecular weight excluding hydrogens is 214 g/mol. The molecule has 1 aliphatic carbocycles. The van der Waals surface area contributed by atoms with Crippen molar-refractivity contribution >= 4 is 11.9 Å². The van der Waals surface area contributed by atoms with Crippen LogP contribution < -0.4 is 0 Å². The molecule has 1 aliphatic rings. The SMILES string of the molecule is Cc1cc2ncc3c(n2n1)C(C)(C)CC3C=O. The Bertz CT molecular complexity index is 612. The predicted molar refractivity (Wildman–Crippen MR) is 64.2 cm³/mol. The molecule has 88 valence electrons. The van der Waals surface area contributed by atoms with Gasteiger partial charge >= 0.3 is 0 Å². The smallest absolute Gasteiger partial charge is 0.155 e. The fourth-order valence-electron chi connectivity index (χ4n) is 2.89. The summed E-state index contributed by atoms with van der Waals surface area (Å²) in [4.78, 5) is 15.5. The first-order valence-corrected chi connectivity index (χ1v) is 5.84. The normalized spacial score (nSPS) is 21.7. The van der Waals surface area contributed by atoms with Crippen molar-refractivity contribution in [1.29, 1.82) is 0 Å². The summed E-state index contributed by atoms with van der Waals surface area (Å²) in [6.45, 7) is 6.28. The summed E-state index contributed by atoms with van der Waals surface area (Å²) in [7, 11) is 0. The zero-order valence-electron chi connectivity index (χ0n) is 10.3. The molecule has 0 N–H and O–H groups in total. The highest BCUT2D eigenvalue weighted by atomic mass is 16.1. The first-order valence-electron chi connectivity index (χ1n) is 5.84. The molecule has 2 heterocycles. The van der Waals surface area contributed by atoms with Crippen molar-refractivity contribution in [1.82, 2.24) is 14.6 Å². The van der Waals surface area contributed by atoms with Crippen LogP contribution in [0.25, 0.3) is 5.65 Å². The number of aromatic nitrogens is 3. The minimum atomic E-state index is -0.0404. The van der Waals surface area contributed by atoms with Crippen LogP contribution in [0.2, 0.25) is 0 Å². The third-order valence-electron chi connectivity index (χ3n) is 3.57. The lowest BCUT2D eigenvalue weighted by Crippen LogP contribution is -2.17. The maximum absolute atomic E-state index is 11.1. The summed E-state index contributed by atoms with van der Waals surface area (Å²) in [6.07, 6.45) is 3.70. The zero-order chi connectivity index (χ0) is 12.2. The van der Waals surface area contributed by atoms with Crippen LogP contribution in [-0.4, -0.2) is 20.9 Å². The zero-order valence-corrected chi connectivity index (χ0v) is 10.3. The monoisotopic (exact) mass is 229 g/mol. The third-order valence-corrected chi connectivity index (χ3v) is 3.57. The first-order chi connectivity index (χ1) is 8.03. The Morgan fingerprint density at radius 3 is 3.00 bits per heavy atom. The van der Waals surface area contributed by atoms with Crippen LogP contribution in [0.4, 0.5) is 0 Å². The predicted octanol–water partition coefficient (Wildman–Crippen LogP) is 2.00. The van der Waals surface area contributed by atoms with Gasteiger partial charge in [0.1, 0.15) is 6.29 Å². The number of fused-ring (bicyclic) bond motifs is 3. The fraction of sp³-hybridized carbons (Fsp3) is 0.462. The van der Waals surface area contributed by atoms with Crippen LogP contribution in [0.15, 0.2) is 12.3 Å². The molecule has 0 saturated heterocycles. The van der Waals surface area contributed by atoms with E-state index in [9.17, 15) is 4.79 Å². The summed E-state index contributed by atoms with van der Waals surface area (Å²) >= 11 is 0. The number of nitrogens with zero attached hydrogens (tertiary/aromatic N) is 3. The lowest BCUT2D eigenvalue weighted by molar-refractivity contribution is -0.109. The van der Waals surface area contributed by atoms with Gasteiger partial charge in [-0.15, -0.1) is 0 Å². The Morgan fingerprint density at radius 1 is 1.53 bits per heavy atom. The van der Waals surface area contributed by atoms with Gasteiger partial charge in [-0.1, -0.05) is 13.8 Å². The van der Waals surface area contributed by atoms with Crippen molar-refractivity contribution in [3.05, 3.63) is 29.2 Å². The third kappa shape index (κ3) is 1.33. The molecule has 4 nitrogen and oxygen atoms in total. The lowest BCUT2D eigenvalue weighted by atomic mass is 9.89. The number of carbonyl (C=O) groups is 1. The second-order valence-electron chi connectivity index (χ2n) is 5.45. The molecule has 0 aromatic carbocycles. The van der Waals surface area contributed by atoms with Gasteiger partial charge in [-0.25, -0.2) is 9.50 Å². The summed E-state index contributed by atoms with van der Waals surface area (Å²) < 4.78 is 1.90. The van der Waals surface area contributed by atoms with Gasteiger partial charge in [0.2, 0.25) is 0 Å². The van der Waals surface area contributed by atoms with E-state index in [0.29, 0.717) is 0 Å². The minimum absolute atomic E-state index is 0.0272. The van der Waals surface area contributed by atoms with Gasteiger partial charge in [0, 0.05) is 29.2 Å². The van der Waals surface area contributed by atoms with Gasteiger partial charge in [-0.3, -0.25) is 0 Å². The Labute approximate surface area is 99.7 Å². The number of hydrogen-bond donors (Lipinski definition) is 0. The molecule has 17 heavy (non-hydrogen) atoms. The van der Waals surface area contributed by atoms with Gasteiger partial charge in [0.25, 0.3) is 0 Å². The van der Waals surface area contributed by atoms with E-state index in [-0.39, 0.29) is 11.3 Å². The van der Waals surface area contributed by atoms with Crippen molar-refractivity contribution in [3.8, 4) is 0 Å². The molecule has 1 unspecified atom stereocenters. The fourth-order valence-corrected chi connectivity index (χ4v) is 2.89. The van der Waals surface area contributed by atoms with E-state index >= 15 is 0 Å². The van der Waals surface area contributed by atoms with E-state index in [1.54, 1.807) is 0 Å². The quantitative estimate of drug-likeness (QED) is 0.703. The second kappa shape index (κ2) is 3.15. The van der Waals surface area contributed by atoms with Gasteiger partial charge < -0.3 is 4.79 Å². The van der Waals surface area contributed by atoms with Crippen molar-refractivity contribution in [2.75, 3.05) is 0 Å². The van der Waals surface area contributed by atoms with E-state index in [1.165, 1.54) is 0 Å². The second-order valence-corrected chi connectivity index (χ2v) is 5.45. The number of aldehydes is 1. The maximum Gasteiger partial charge on any atom is 0.155 e. The van der Waals surface area contributed by atoms with E-state index in [4.69, 9.17) is 0 Å². The number of hydrogen-bond acceptors (Lipinski definition) is 3. The van der Waals surface area contributed by atoms with Crippen LogP contribution in [-0.2, 0) is 10.2 Å². The Balaban J connectivity index is 2.38. The molecule has 0 fully saturated rings. The molecular formula is C13H15N3O. The van der Waals surface area contributed by atoms with E-state index in [1.807, 2.05) is 23.7 Å². The number of aryl methyl sites for hydroxylation is 1. The number of rotatable bonds is 1. The van der Waals surface area contributed by atoms with Crippen LogP contribution in [0, 0.1) is 6.92 Å². The molecule has 4 heteroatoms. The molecule has 2 aromatic rings. The van der Waals surface area contributed by atoms with Crippen molar-refractivity contribution in [3.63, 3.8) is 0 Å².